The van der Waals surface area contributed by atoms with Gasteiger partial charge < -0.3 is 4.84 Å². The van der Waals surface area contributed by atoms with E-state index < -0.39 is 6.04 Å². The zero-order valence-corrected chi connectivity index (χ0v) is 7.39. The molecule has 0 radical (unpaired) electrons. The number of nitrogens with one attached hydrogen (secondary N) is 1. The smallest absolute Gasteiger partial charge is 0.179 e. The lowest BCUT2D eigenvalue weighted by molar-refractivity contribution is -0.231. The van der Waals surface area contributed by atoms with Crippen molar-refractivity contribution >= 4 is 5.78 Å². The van der Waals surface area contributed by atoms with Crippen molar-refractivity contribution in [3.63, 3.8) is 0 Å². The Morgan fingerprint density at radius 2 is 2.46 bits per heavy atom. The Labute approximate surface area is 74.9 Å². The predicted molar refractivity (Wildman–Crippen MR) is 42.4 cm³/mol. The van der Waals surface area contributed by atoms with Crippen molar-refractivity contribution in [3.05, 3.63) is 12.2 Å². The topological polar surface area (TPSA) is 71.1 Å². The summed E-state index contributed by atoms with van der Waals surface area (Å²) in [4.78, 5) is 20.3. The number of carbonyl (C=O) groups is 1. The average molecular weight is 182 g/mol. The Bertz CT molecular complexity index is 310. The molecule has 1 aromatic rings. The maximum atomic E-state index is 11.4. The lowest BCUT2D eigenvalue weighted by atomic mass is 9.95. The molecule has 2 atom stereocenters. The summed E-state index contributed by atoms with van der Waals surface area (Å²) in [6, 6.07) is -0.639. The molecule has 1 saturated heterocycles. The van der Waals surface area contributed by atoms with Gasteiger partial charge in [-0.1, -0.05) is 0 Å². The third kappa shape index (κ3) is 1.06. The van der Waals surface area contributed by atoms with Gasteiger partial charge in [0.2, 0.25) is 0 Å². The van der Waals surface area contributed by atoms with Crippen molar-refractivity contribution in [2.75, 3.05) is 7.11 Å². The van der Waals surface area contributed by atoms with Crippen LogP contribution < -0.4 is 0 Å². The zero-order chi connectivity index (χ0) is 9.42. The Balaban J connectivity index is 2.21. The number of ketones is 1. The van der Waals surface area contributed by atoms with Gasteiger partial charge in [-0.15, -0.1) is 0 Å². The van der Waals surface area contributed by atoms with Crippen LogP contribution in [0.5, 0.6) is 0 Å². The Hall–Kier alpha value is -1.27. The molecular formula is C7H10N4O2. The first kappa shape index (κ1) is 8.33. The molecular weight excluding hydrogens is 172 g/mol. The molecule has 0 amide bonds. The maximum Gasteiger partial charge on any atom is 0.179 e. The molecule has 2 heterocycles. The lowest BCUT2D eigenvalue weighted by Gasteiger charge is -2.40. The molecule has 0 saturated carbocycles. The first-order valence-electron chi connectivity index (χ1n) is 3.97. The summed E-state index contributed by atoms with van der Waals surface area (Å²) in [5.41, 5.74) is 0. The Morgan fingerprint density at radius 1 is 1.69 bits per heavy atom. The summed E-state index contributed by atoms with van der Waals surface area (Å²) in [6.45, 7) is 1.79. The number of carbonyl (C=O) groups excluding carboxylic acids is 1. The standard InChI is InChI=1S/C7H10N4O2/c1-4-6(12)5(11(4)13-2)7-8-3-9-10-7/h3-5H,1-2H3,(H,8,9,10). The summed E-state index contributed by atoms with van der Waals surface area (Å²) in [6.07, 6.45) is 1.44. The molecule has 1 fully saturated rings. The summed E-state index contributed by atoms with van der Waals surface area (Å²) in [5.74, 6) is 0.548. The van der Waals surface area contributed by atoms with Crippen molar-refractivity contribution in [3.8, 4) is 0 Å². The molecule has 2 rings (SSSR count). The highest BCUT2D eigenvalue weighted by Crippen LogP contribution is 2.32. The minimum atomic E-state index is -0.439. The second kappa shape index (κ2) is 2.90. The van der Waals surface area contributed by atoms with E-state index in [-0.39, 0.29) is 11.8 Å². The van der Waals surface area contributed by atoms with E-state index in [9.17, 15) is 4.79 Å². The van der Waals surface area contributed by atoms with Crippen molar-refractivity contribution in [2.45, 2.75) is 19.0 Å². The molecule has 0 aromatic carbocycles. The molecule has 1 aromatic heterocycles. The average Bonchev–Trinajstić information content (AvgIpc) is 2.64. The van der Waals surface area contributed by atoms with Gasteiger partial charge in [0.05, 0.1) is 13.2 Å². The van der Waals surface area contributed by atoms with Gasteiger partial charge in [-0.05, 0) is 6.92 Å². The SMILES string of the molecule is CON1C(C)C(=O)C1c1nc[nH]n1. The zero-order valence-electron chi connectivity index (χ0n) is 7.39. The van der Waals surface area contributed by atoms with Crippen LogP contribution in [0.4, 0.5) is 0 Å². The minimum Gasteiger partial charge on any atom is -0.300 e. The van der Waals surface area contributed by atoms with Crippen molar-refractivity contribution in [1.29, 1.82) is 0 Å². The number of nitrogens with zero attached hydrogens (tertiary/aromatic N) is 3. The molecule has 0 bridgehead atoms. The van der Waals surface area contributed by atoms with E-state index in [0.717, 1.165) is 0 Å². The fraction of sp³-hybridized carbons (Fsp3) is 0.571. The van der Waals surface area contributed by atoms with Crippen LogP contribution in [0.1, 0.15) is 18.8 Å². The number of hydrogen-bond donors (Lipinski definition) is 1. The molecule has 2 unspecified atom stereocenters. The van der Waals surface area contributed by atoms with Crippen LogP contribution in [0.3, 0.4) is 0 Å². The van der Waals surface area contributed by atoms with E-state index in [1.807, 2.05) is 0 Å². The summed E-state index contributed by atoms with van der Waals surface area (Å²) < 4.78 is 0. The molecule has 1 N–H and O–H groups in total. The fourth-order valence-electron chi connectivity index (χ4n) is 1.48. The molecule has 1 aliphatic heterocycles. The van der Waals surface area contributed by atoms with Gasteiger partial charge in [0.1, 0.15) is 6.33 Å². The highest BCUT2D eigenvalue weighted by atomic mass is 16.7. The van der Waals surface area contributed by atoms with Gasteiger partial charge in [0.25, 0.3) is 0 Å². The quantitative estimate of drug-likeness (QED) is 0.678. The van der Waals surface area contributed by atoms with Crippen LogP contribution in [0, 0.1) is 0 Å². The summed E-state index contributed by atoms with van der Waals surface area (Å²) in [5, 5.41) is 7.98. The van der Waals surface area contributed by atoms with Crippen LogP contribution in [0.2, 0.25) is 0 Å². The normalized spacial score (nSPS) is 28.9. The molecule has 70 valence electrons. The molecule has 0 aliphatic carbocycles. The van der Waals surface area contributed by atoms with Gasteiger partial charge >= 0.3 is 0 Å². The molecule has 6 heteroatoms. The van der Waals surface area contributed by atoms with Crippen molar-refractivity contribution < 1.29 is 9.63 Å². The van der Waals surface area contributed by atoms with E-state index in [1.165, 1.54) is 13.4 Å². The van der Waals surface area contributed by atoms with Gasteiger partial charge in [-0.2, -0.15) is 10.2 Å². The number of hydrogen-bond acceptors (Lipinski definition) is 5. The van der Waals surface area contributed by atoms with Crippen LogP contribution in [-0.2, 0) is 9.63 Å². The van der Waals surface area contributed by atoms with E-state index in [4.69, 9.17) is 4.84 Å². The second-order valence-electron chi connectivity index (χ2n) is 2.88. The van der Waals surface area contributed by atoms with Crippen LogP contribution in [-0.4, -0.2) is 39.2 Å². The summed E-state index contributed by atoms with van der Waals surface area (Å²) in [7, 11) is 1.53. The molecule has 1 aliphatic rings. The lowest BCUT2D eigenvalue weighted by Crippen LogP contribution is -2.57. The third-order valence-electron chi connectivity index (χ3n) is 2.21. The highest BCUT2D eigenvalue weighted by Gasteiger charge is 2.48. The van der Waals surface area contributed by atoms with E-state index in [2.05, 4.69) is 15.2 Å². The molecule has 13 heavy (non-hydrogen) atoms. The van der Waals surface area contributed by atoms with E-state index >= 15 is 0 Å². The maximum absolute atomic E-state index is 11.4. The fourth-order valence-corrected chi connectivity index (χ4v) is 1.48. The largest absolute Gasteiger partial charge is 0.300 e. The Kier molecular flexibility index (Phi) is 1.86. The van der Waals surface area contributed by atoms with Gasteiger partial charge in [-0.25, -0.2) is 4.98 Å². The third-order valence-corrected chi connectivity index (χ3v) is 2.21. The number of H-pyrrole nitrogens is 1. The highest BCUT2D eigenvalue weighted by molar-refractivity contribution is 5.94. The number of hydroxylamine groups is 2. The molecule has 6 nitrogen and oxygen atoms in total. The van der Waals surface area contributed by atoms with Crippen LogP contribution in [0.25, 0.3) is 0 Å². The number of Topliss-reactive ketones (excluding diaryl/α,β-unsaturated/α-hetero) is 1. The number of rotatable bonds is 2. The first-order chi connectivity index (χ1) is 6.25. The van der Waals surface area contributed by atoms with Crippen LogP contribution >= 0.6 is 0 Å². The van der Waals surface area contributed by atoms with Gasteiger partial charge in [-0.3, -0.25) is 9.89 Å². The van der Waals surface area contributed by atoms with Gasteiger partial charge in [0, 0.05) is 0 Å². The summed E-state index contributed by atoms with van der Waals surface area (Å²) >= 11 is 0. The number of aromatic amines is 1. The van der Waals surface area contributed by atoms with Gasteiger partial charge in [0.15, 0.2) is 17.6 Å². The first-order valence-corrected chi connectivity index (χ1v) is 3.97. The van der Waals surface area contributed by atoms with E-state index in [1.54, 1.807) is 12.0 Å². The predicted octanol–water partition coefficient (Wildman–Crippen LogP) is -0.320. The number of aromatic nitrogens is 3. The van der Waals surface area contributed by atoms with Crippen molar-refractivity contribution in [2.24, 2.45) is 0 Å². The second-order valence-corrected chi connectivity index (χ2v) is 2.88. The van der Waals surface area contributed by atoms with Crippen molar-refractivity contribution in [1.82, 2.24) is 20.2 Å². The Morgan fingerprint density at radius 3 is 3.00 bits per heavy atom. The monoisotopic (exact) mass is 182 g/mol. The molecule has 0 spiro atoms. The van der Waals surface area contributed by atoms with E-state index in [0.29, 0.717) is 5.82 Å². The van der Waals surface area contributed by atoms with Crippen LogP contribution in [0.15, 0.2) is 6.33 Å². The minimum absolute atomic E-state index is 0.0847.